The van der Waals surface area contributed by atoms with Gasteiger partial charge in [0.2, 0.25) is 11.9 Å². The predicted molar refractivity (Wildman–Crippen MR) is 136 cm³/mol. The summed E-state index contributed by atoms with van der Waals surface area (Å²) in [6.07, 6.45) is -0.917. The molecule has 4 heterocycles. The van der Waals surface area contributed by atoms with E-state index >= 15 is 0 Å². The van der Waals surface area contributed by atoms with E-state index < -0.39 is 41.6 Å². The fourth-order valence-electron chi connectivity index (χ4n) is 4.75. The fourth-order valence-corrected chi connectivity index (χ4v) is 4.75. The molecule has 2 aliphatic heterocycles. The Kier molecular flexibility index (Phi) is 6.94. The van der Waals surface area contributed by atoms with E-state index in [-0.39, 0.29) is 28.7 Å². The summed E-state index contributed by atoms with van der Waals surface area (Å²) < 4.78 is 6.79. The third-order valence-corrected chi connectivity index (χ3v) is 6.61. The lowest BCUT2D eigenvalue weighted by Crippen LogP contribution is -2.33. The Morgan fingerprint density at radius 2 is 2.03 bits per heavy atom. The van der Waals surface area contributed by atoms with Crippen molar-refractivity contribution in [3.63, 3.8) is 0 Å². The second-order valence-electron chi connectivity index (χ2n) is 9.08. The lowest BCUT2D eigenvalue weighted by Gasteiger charge is -2.28. The molecular formula is C22H27N9O7. The van der Waals surface area contributed by atoms with Gasteiger partial charge in [0.05, 0.1) is 17.7 Å². The molecule has 7 N–H and O–H groups in total. The Morgan fingerprint density at radius 3 is 2.71 bits per heavy atom. The summed E-state index contributed by atoms with van der Waals surface area (Å²) in [4.78, 5) is 36.3. The number of anilines is 3. The number of rotatable bonds is 7. The number of nitrogens with zero attached hydrogens (tertiary/aromatic N) is 6. The number of aliphatic hydroxyl groups is 3. The van der Waals surface area contributed by atoms with Gasteiger partial charge in [0.1, 0.15) is 24.0 Å². The van der Waals surface area contributed by atoms with Crippen molar-refractivity contribution in [3.05, 3.63) is 44.2 Å². The number of nitrogens with two attached hydrogens (primary N) is 1. The molecule has 16 nitrogen and oxygen atoms in total. The summed E-state index contributed by atoms with van der Waals surface area (Å²) >= 11 is 0. The van der Waals surface area contributed by atoms with Crippen molar-refractivity contribution >= 4 is 40.6 Å². The molecule has 0 aliphatic carbocycles. The number of imidazole rings is 1. The molecular weight excluding hydrogens is 502 g/mol. The Hall–Kier alpha value is -4.12. The SMILES string of the molecule is Nc1nc2c(nc(N/N=C\c3ccc(N4CCCCC4)c([N+](=O)[O-])c3)n2[C@H]2O[C@@H](CO)[C@@H](O)[C@H]2O)c(=O)[nH]1. The van der Waals surface area contributed by atoms with Crippen LogP contribution in [-0.2, 0) is 4.74 Å². The lowest BCUT2D eigenvalue weighted by atomic mass is 10.1. The number of fused-ring (bicyclic) bond motifs is 1. The standard InChI is InChI=1S/C22H27N9O7/c23-21-26-18-15(19(35)27-21)25-22(30(18)20-17(34)16(33)14(10-32)38-20)28-24-9-11-4-5-12(13(8-11)31(36)37)29-6-2-1-3-7-29/h4-5,8-9,14,16-17,20,32-34H,1-3,6-7,10H2,(H,25,28)(H3,23,26,27,35)/b24-9-/t14-,16+,17+,20-/m0/s1. The highest BCUT2D eigenvalue weighted by atomic mass is 16.6. The van der Waals surface area contributed by atoms with Gasteiger partial charge in [-0.15, -0.1) is 0 Å². The van der Waals surface area contributed by atoms with Gasteiger partial charge in [0, 0.05) is 24.7 Å². The summed E-state index contributed by atoms with van der Waals surface area (Å²) in [7, 11) is 0. The second-order valence-corrected chi connectivity index (χ2v) is 9.08. The van der Waals surface area contributed by atoms with Gasteiger partial charge in [-0.2, -0.15) is 10.1 Å². The summed E-state index contributed by atoms with van der Waals surface area (Å²) in [6, 6.07) is 4.80. The maximum absolute atomic E-state index is 12.4. The van der Waals surface area contributed by atoms with E-state index in [0.29, 0.717) is 11.3 Å². The number of aromatic amines is 1. The minimum absolute atomic E-state index is 0.0409. The number of nitro benzene ring substituents is 1. The quantitative estimate of drug-likeness (QED) is 0.131. The van der Waals surface area contributed by atoms with Gasteiger partial charge in [-0.1, -0.05) is 6.07 Å². The molecule has 1 aromatic carbocycles. The van der Waals surface area contributed by atoms with Gasteiger partial charge in [-0.3, -0.25) is 24.5 Å². The van der Waals surface area contributed by atoms with Gasteiger partial charge in [0.15, 0.2) is 17.4 Å². The van der Waals surface area contributed by atoms with Gasteiger partial charge in [-0.05, 0) is 25.3 Å². The number of hydrogen-bond donors (Lipinski definition) is 6. The summed E-state index contributed by atoms with van der Waals surface area (Å²) in [6.45, 7) is 0.944. The van der Waals surface area contributed by atoms with Gasteiger partial charge < -0.3 is 30.7 Å². The molecule has 0 spiro atoms. The van der Waals surface area contributed by atoms with Crippen LogP contribution in [-0.4, -0.2) is 84.0 Å². The van der Waals surface area contributed by atoms with Gasteiger partial charge in [0.25, 0.3) is 11.2 Å². The van der Waals surface area contributed by atoms with Crippen LogP contribution in [0.2, 0.25) is 0 Å². The van der Waals surface area contributed by atoms with Crippen molar-refractivity contribution in [1.29, 1.82) is 0 Å². The van der Waals surface area contributed by atoms with Crippen LogP contribution in [0, 0.1) is 10.1 Å². The number of H-pyrrole nitrogens is 1. The molecule has 0 bridgehead atoms. The molecule has 5 rings (SSSR count). The van der Waals surface area contributed by atoms with Crippen LogP contribution in [0.15, 0.2) is 28.1 Å². The van der Waals surface area contributed by atoms with Crippen molar-refractivity contribution in [2.24, 2.45) is 5.10 Å². The highest BCUT2D eigenvalue weighted by Crippen LogP contribution is 2.34. The number of benzene rings is 1. The molecule has 16 heteroatoms. The van der Waals surface area contributed by atoms with Gasteiger partial charge >= 0.3 is 0 Å². The lowest BCUT2D eigenvalue weighted by molar-refractivity contribution is -0.384. The first kappa shape index (κ1) is 25.5. The first-order chi connectivity index (χ1) is 18.3. The minimum Gasteiger partial charge on any atom is -0.394 e. The molecule has 2 aliphatic rings. The summed E-state index contributed by atoms with van der Waals surface area (Å²) in [5, 5.41) is 46.1. The average Bonchev–Trinajstić information content (AvgIpc) is 3.40. The van der Waals surface area contributed by atoms with E-state index in [1.807, 2.05) is 4.90 Å². The van der Waals surface area contributed by atoms with Gasteiger partial charge in [-0.25, -0.2) is 10.4 Å². The van der Waals surface area contributed by atoms with E-state index in [9.17, 15) is 30.2 Å². The highest BCUT2D eigenvalue weighted by Gasteiger charge is 2.45. The largest absolute Gasteiger partial charge is 0.394 e. The highest BCUT2D eigenvalue weighted by molar-refractivity contribution is 5.84. The van der Waals surface area contributed by atoms with E-state index in [1.54, 1.807) is 12.1 Å². The molecule has 0 amide bonds. The van der Waals surface area contributed by atoms with E-state index in [2.05, 4.69) is 25.5 Å². The van der Waals surface area contributed by atoms with Crippen molar-refractivity contribution in [2.45, 2.75) is 43.8 Å². The summed E-state index contributed by atoms with van der Waals surface area (Å²) in [5.74, 6) is -0.305. The molecule has 4 atom stereocenters. The molecule has 38 heavy (non-hydrogen) atoms. The first-order valence-corrected chi connectivity index (χ1v) is 12.0. The number of nitrogens with one attached hydrogen (secondary N) is 2. The number of aromatic nitrogens is 4. The van der Waals surface area contributed by atoms with E-state index in [4.69, 9.17) is 10.5 Å². The van der Waals surface area contributed by atoms with E-state index in [0.717, 1.165) is 32.4 Å². The number of nitro groups is 1. The van der Waals surface area contributed by atoms with Crippen LogP contribution >= 0.6 is 0 Å². The molecule has 0 saturated carbocycles. The van der Waals surface area contributed by atoms with Crippen LogP contribution in [0.3, 0.4) is 0 Å². The van der Waals surface area contributed by atoms with Crippen molar-refractivity contribution in [2.75, 3.05) is 35.8 Å². The average molecular weight is 530 g/mol. The number of piperidine rings is 1. The molecule has 0 unspecified atom stereocenters. The maximum Gasteiger partial charge on any atom is 0.293 e. The van der Waals surface area contributed by atoms with Crippen LogP contribution < -0.4 is 21.6 Å². The van der Waals surface area contributed by atoms with Crippen molar-refractivity contribution < 1.29 is 25.0 Å². The monoisotopic (exact) mass is 529 g/mol. The zero-order chi connectivity index (χ0) is 27.0. The van der Waals surface area contributed by atoms with Crippen LogP contribution in [0.5, 0.6) is 0 Å². The molecule has 2 fully saturated rings. The fraction of sp³-hybridized carbons (Fsp3) is 0.455. The number of ether oxygens (including phenoxy) is 1. The number of hydrazone groups is 1. The topological polar surface area (TPSA) is 230 Å². The summed E-state index contributed by atoms with van der Waals surface area (Å²) in [5.41, 5.74) is 8.41. The Bertz CT molecular complexity index is 1430. The van der Waals surface area contributed by atoms with E-state index in [1.165, 1.54) is 16.8 Å². The van der Waals surface area contributed by atoms with Crippen LogP contribution in [0.4, 0.5) is 23.3 Å². The molecule has 3 aromatic rings. The Morgan fingerprint density at radius 1 is 1.26 bits per heavy atom. The minimum atomic E-state index is -1.50. The molecule has 202 valence electrons. The van der Waals surface area contributed by atoms with Crippen LogP contribution in [0.1, 0.15) is 31.1 Å². The molecule has 2 aromatic heterocycles. The Labute approximate surface area is 214 Å². The third kappa shape index (κ3) is 4.65. The number of hydrogen-bond acceptors (Lipinski definition) is 13. The normalized spacial score (nSPS) is 23.9. The second kappa shape index (κ2) is 10.3. The van der Waals surface area contributed by atoms with Crippen molar-refractivity contribution in [3.8, 4) is 0 Å². The number of aliphatic hydroxyl groups excluding tert-OH is 3. The maximum atomic E-state index is 12.4. The smallest absolute Gasteiger partial charge is 0.293 e. The number of nitrogen functional groups attached to an aromatic ring is 1. The van der Waals surface area contributed by atoms with Crippen LogP contribution in [0.25, 0.3) is 11.2 Å². The third-order valence-electron chi connectivity index (χ3n) is 6.61. The predicted octanol–water partition coefficient (Wildman–Crippen LogP) is -0.342. The first-order valence-electron chi connectivity index (χ1n) is 12.0. The zero-order valence-corrected chi connectivity index (χ0v) is 20.1. The molecule has 2 saturated heterocycles. The zero-order valence-electron chi connectivity index (χ0n) is 20.1. The molecule has 0 radical (unpaired) electrons. The Balaban J connectivity index is 1.47. The van der Waals surface area contributed by atoms with Crippen molar-refractivity contribution in [1.82, 2.24) is 19.5 Å².